The van der Waals surface area contributed by atoms with Crippen LogP contribution in [0.3, 0.4) is 0 Å². The van der Waals surface area contributed by atoms with Gasteiger partial charge in [0.05, 0.1) is 6.04 Å². The molecule has 0 saturated heterocycles. The van der Waals surface area contributed by atoms with Gasteiger partial charge in [-0.2, -0.15) is 0 Å². The van der Waals surface area contributed by atoms with Crippen molar-refractivity contribution in [3.8, 4) is 0 Å². The number of rotatable bonds is 7. The number of benzene rings is 1. The lowest BCUT2D eigenvalue weighted by molar-refractivity contribution is -0.129. The molecule has 1 atom stereocenters. The van der Waals surface area contributed by atoms with Crippen LogP contribution in [0, 0.1) is 0 Å². The molecular formula is C16H21BrN2O4. The van der Waals surface area contributed by atoms with E-state index in [0.29, 0.717) is 30.1 Å². The first-order chi connectivity index (χ1) is 10.9. The molecule has 126 valence electrons. The van der Waals surface area contributed by atoms with E-state index in [1.54, 1.807) is 18.2 Å². The lowest BCUT2D eigenvalue weighted by Crippen LogP contribution is -2.42. The standard InChI is InChI=1S/C8H5BrO2.C8H16N2O2/c9-8-2-1-6(4-10)7(3-8)5-11;1-4-5-7(10(2)3)8(12)9-6-11/h1-5H;6-7H,4-5H2,1-3H3,(H,9,11,12). The number of imide groups is 1. The monoisotopic (exact) mass is 384 g/mol. The van der Waals surface area contributed by atoms with Crippen LogP contribution in [0.25, 0.3) is 0 Å². The Labute approximate surface area is 144 Å². The van der Waals surface area contributed by atoms with E-state index in [9.17, 15) is 19.2 Å². The Balaban J connectivity index is 0.000000422. The van der Waals surface area contributed by atoms with E-state index in [0.717, 1.165) is 17.3 Å². The summed E-state index contributed by atoms with van der Waals surface area (Å²) in [5, 5.41) is 2.15. The van der Waals surface area contributed by atoms with Crippen LogP contribution in [0.4, 0.5) is 0 Å². The molecule has 0 heterocycles. The summed E-state index contributed by atoms with van der Waals surface area (Å²) in [4.78, 5) is 43.7. The van der Waals surface area contributed by atoms with Gasteiger partial charge in [-0.25, -0.2) is 0 Å². The summed E-state index contributed by atoms with van der Waals surface area (Å²) >= 11 is 3.19. The van der Waals surface area contributed by atoms with Crippen LogP contribution in [-0.4, -0.2) is 49.9 Å². The highest BCUT2D eigenvalue weighted by Crippen LogP contribution is 2.13. The van der Waals surface area contributed by atoms with Gasteiger partial charge in [0.15, 0.2) is 12.6 Å². The van der Waals surface area contributed by atoms with Gasteiger partial charge < -0.3 is 0 Å². The summed E-state index contributed by atoms with van der Waals surface area (Å²) in [6.07, 6.45) is 3.45. The maximum Gasteiger partial charge on any atom is 0.243 e. The van der Waals surface area contributed by atoms with Crippen LogP contribution in [0.15, 0.2) is 22.7 Å². The SMILES string of the molecule is CCCC(C(=O)NC=O)N(C)C.O=Cc1ccc(Br)cc1C=O. The Morgan fingerprint density at radius 2 is 1.83 bits per heavy atom. The summed E-state index contributed by atoms with van der Waals surface area (Å²) in [6, 6.07) is 4.73. The van der Waals surface area contributed by atoms with Crippen molar-refractivity contribution in [3.05, 3.63) is 33.8 Å². The third-order valence-corrected chi connectivity index (χ3v) is 3.49. The second kappa shape index (κ2) is 11.7. The summed E-state index contributed by atoms with van der Waals surface area (Å²) < 4.78 is 0.796. The third-order valence-electron chi connectivity index (χ3n) is 2.99. The van der Waals surface area contributed by atoms with Crippen LogP contribution in [0.2, 0.25) is 0 Å². The molecule has 0 spiro atoms. The van der Waals surface area contributed by atoms with E-state index in [2.05, 4.69) is 21.2 Å². The second-order valence-corrected chi connectivity index (χ2v) is 5.82. The average molecular weight is 385 g/mol. The van der Waals surface area contributed by atoms with Crippen LogP contribution in [0.5, 0.6) is 0 Å². The van der Waals surface area contributed by atoms with Gasteiger partial charge in [-0.05, 0) is 38.7 Å². The van der Waals surface area contributed by atoms with E-state index < -0.39 is 0 Å². The van der Waals surface area contributed by atoms with Gasteiger partial charge in [0.2, 0.25) is 12.3 Å². The lowest BCUT2D eigenvalue weighted by Gasteiger charge is -2.21. The van der Waals surface area contributed by atoms with E-state index in [1.165, 1.54) is 0 Å². The Kier molecular flexibility index (Phi) is 10.7. The van der Waals surface area contributed by atoms with Crippen LogP contribution in [0.1, 0.15) is 40.5 Å². The van der Waals surface area contributed by atoms with Gasteiger partial charge in [0, 0.05) is 15.6 Å². The number of hydrogen-bond donors (Lipinski definition) is 1. The van der Waals surface area contributed by atoms with Gasteiger partial charge >= 0.3 is 0 Å². The van der Waals surface area contributed by atoms with E-state index >= 15 is 0 Å². The smallest absolute Gasteiger partial charge is 0.243 e. The van der Waals surface area contributed by atoms with Crippen molar-refractivity contribution in [3.63, 3.8) is 0 Å². The van der Waals surface area contributed by atoms with Gasteiger partial charge in [0.25, 0.3) is 0 Å². The van der Waals surface area contributed by atoms with Crippen molar-refractivity contribution >= 4 is 40.8 Å². The number of amides is 2. The maximum absolute atomic E-state index is 11.2. The lowest BCUT2D eigenvalue weighted by atomic mass is 10.1. The zero-order valence-electron chi connectivity index (χ0n) is 13.4. The van der Waals surface area contributed by atoms with Gasteiger partial charge in [-0.15, -0.1) is 0 Å². The molecule has 0 fully saturated rings. The highest BCUT2D eigenvalue weighted by Gasteiger charge is 2.18. The van der Waals surface area contributed by atoms with Crippen molar-refractivity contribution in [1.82, 2.24) is 10.2 Å². The van der Waals surface area contributed by atoms with Crippen molar-refractivity contribution in [2.24, 2.45) is 0 Å². The first-order valence-electron chi connectivity index (χ1n) is 7.01. The number of nitrogens with zero attached hydrogens (tertiary/aromatic N) is 1. The highest BCUT2D eigenvalue weighted by molar-refractivity contribution is 9.10. The largest absolute Gasteiger partial charge is 0.298 e. The first-order valence-corrected chi connectivity index (χ1v) is 7.80. The van der Waals surface area contributed by atoms with Crippen LogP contribution < -0.4 is 5.32 Å². The van der Waals surface area contributed by atoms with E-state index in [1.807, 2.05) is 25.9 Å². The molecule has 0 saturated carbocycles. The minimum absolute atomic E-state index is 0.194. The molecule has 0 aliphatic rings. The topological polar surface area (TPSA) is 83.6 Å². The fourth-order valence-corrected chi connectivity index (χ4v) is 2.19. The number of carbonyl (C=O) groups excluding carboxylic acids is 4. The normalized spacial score (nSPS) is 11.0. The molecule has 2 amide bonds. The highest BCUT2D eigenvalue weighted by atomic mass is 79.9. The Bertz CT molecular complexity index is 547. The van der Waals surface area contributed by atoms with E-state index in [-0.39, 0.29) is 11.9 Å². The fourth-order valence-electron chi connectivity index (χ4n) is 1.81. The molecule has 0 aliphatic carbocycles. The Hall–Kier alpha value is -1.86. The molecule has 6 nitrogen and oxygen atoms in total. The van der Waals surface area contributed by atoms with Gasteiger partial charge in [-0.1, -0.05) is 29.3 Å². The van der Waals surface area contributed by atoms with Crippen molar-refractivity contribution in [1.29, 1.82) is 0 Å². The molecule has 0 bridgehead atoms. The van der Waals surface area contributed by atoms with Crippen molar-refractivity contribution < 1.29 is 19.2 Å². The second-order valence-electron chi connectivity index (χ2n) is 4.90. The Morgan fingerprint density at radius 3 is 2.26 bits per heavy atom. The van der Waals surface area contributed by atoms with Gasteiger partial charge in [-0.3, -0.25) is 29.4 Å². The number of likely N-dealkylation sites (N-methyl/N-ethyl adjacent to an activating group) is 1. The molecule has 0 aliphatic heterocycles. The molecule has 0 radical (unpaired) electrons. The maximum atomic E-state index is 11.2. The number of carbonyl (C=O) groups is 4. The molecule has 1 aromatic rings. The predicted molar refractivity (Wildman–Crippen MR) is 91.5 cm³/mol. The molecule has 7 heteroatoms. The summed E-state index contributed by atoms with van der Waals surface area (Å²) in [7, 11) is 3.65. The molecule has 0 aromatic heterocycles. The minimum atomic E-state index is -0.225. The molecule has 23 heavy (non-hydrogen) atoms. The molecule has 1 rings (SSSR count). The zero-order chi connectivity index (χ0) is 17.8. The molecule has 1 N–H and O–H groups in total. The van der Waals surface area contributed by atoms with Crippen LogP contribution >= 0.6 is 15.9 Å². The van der Waals surface area contributed by atoms with Crippen molar-refractivity contribution in [2.75, 3.05) is 14.1 Å². The zero-order valence-corrected chi connectivity index (χ0v) is 15.0. The quantitative estimate of drug-likeness (QED) is 0.727. The number of nitrogens with one attached hydrogen (secondary N) is 1. The molecular weight excluding hydrogens is 364 g/mol. The van der Waals surface area contributed by atoms with Gasteiger partial charge in [0.1, 0.15) is 0 Å². The van der Waals surface area contributed by atoms with Crippen molar-refractivity contribution in [2.45, 2.75) is 25.8 Å². The van der Waals surface area contributed by atoms with E-state index in [4.69, 9.17) is 0 Å². The van der Waals surface area contributed by atoms with Crippen LogP contribution in [-0.2, 0) is 9.59 Å². The minimum Gasteiger partial charge on any atom is -0.298 e. The summed E-state index contributed by atoms with van der Waals surface area (Å²) in [5.41, 5.74) is 0.831. The first kappa shape index (κ1) is 21.1. The summed E-state index contributed by atoms with van der Waals surface area (Å²) in [6.45, 7) is 2.00. The fraction of sp³-hybridized carbons (Fsp3) is 0.375. The molecule has 1 aromatic carbocycles. The summed E-state index contributed by atoms with van der Waals surface area (Å²) in [5.74, 6) is -0.225. The number of hydrogen-bond acceptors (Lipinski definition) is 5. The predicted octanol–water partition coefficient (Wildman–Crippen LogP) is 2.06. The number of halogens is 1. The molecule has 1 unspecified atom stereocenters. The third kappa shape index (κ3) is 7.80. The Morgan fingerprint density at radius 1 is 1.22 bits per heavy atom. The number of aldehydes is 2. The average Bonchev–Trinajstić information content (AvgIpc) is 2.52.